The van der Waals surface area contributed by atoms with E-state index in [1.54, 1.807) is 12.1 Å². The van der Waals surface area contributed by atoms with E-state index in [9.17, 15) is 9.18 Å². The maximum Gasteiger partial charge on any atom is 0.231 e. The van der Waals surface area contributed by atoms with Crippen LogP contribution in [0.4, 0.5) is 10.1 Å². The minimum absolute atomic E-state index is 0.0355. The molecule has 2 rings (SSSR count). The topological polar surface area (TPSA) is 29.1 Å². The maximum atomic E-state index is 12.5. The summed E-state index contributed by atoms with van der Waals surface area (Å²) in [5, 5.41) is 2.69. The molecule has 0 atom stereocenters. The number of hydrogen-bond donors (Lipinski definition) is 1. The summed E-state index contributed by atoms with van der Waals surface area (Å²) in [5.41, 5.74) is 0.644. The van der Waals surface area contributed by atoms with E-state index in [2.05, 4.69) is 5.32 Å². The summed E-state index contributed by atoms with van der Waals surface area (Å²) in [6.45, 7) is 0. The fraction of sp³-hybridized carbons (Fsp3) is 0.200. The largest absolute Gasteiger partial charge is 0.326 e. The summed E-state index contributed by atoms with van der Waals surface area (Å²) in [4.78, 5) is 11.2. The Morgan fingerprint density at radius 3 is 2.38 bits per heavy atom. The van der Waals surface area contributed by atoms with Crippen LogP contribution in [-0.4, -0.2) is 5.91 Å². The first-order valence-electron chi connectivity index (χ1n) is 4.17. The van der Waals surface area contributed by atoms with Crippen LogP contribution in [-0.2, 0) is 4.79 Å². The van der Waals surface area contributed by atoms with Crippen molar-refractivity contribution in [1.82, 2.24) is 0 Å². The van der Waals surface area contributed by atoms with Crippen molar-refractivity contribution in [2.75, 3.05) is 5.32 Å². The number of hydrogen-bond acceptors (Lipinski definition) is 1. The van der Waals surface area contributed by atoms with Crippen molar-refractivity contribution < 1.29 is 9.18 Å². The number of benzene rings is 1. The third kappa shape index (κ3) is 2.05. The van der Waals surface area contributed by atoms with Crippen LogP contribution >= 0.6 is 0 Å². The first kappa shape index (κ1) is 8.23. The molecular weight excluding hydrogens is 169 g/mol. The number of nitrogens with one attached hydrogen (secondary N) is 1. The predicted octanol–water partition coefficient (Wildman–Crippen LogP) is 2.13. The molecule has 1 radical (unpaired) electrons. The minimum atomic E-state index is -0.294. The average Bonchev–Trinajstić information content (AvgIpc) is 2.91. The molecular formula is C10H9FNO. The molecule has 0 unspecified atom stereocenters. The summed E-state index contributed by atoms with van der Waals surface area (Å²) in [6, 6.07) is 5.76. The smallest absolute Gasteiger partial charge is 0.231 e. The summed E-state index contributed by atoms with van der Waals surface area (Å²) in [6.07, 6.45) is 1.79. The fourth-order valence-corrected chi connectivity index (χ4v) is 1.04. The van der Waals surface area contributed by atoms with E-state index in [4.69, 9.17) is 0 Å². The average molecular weight is 178 g/mol. The van der Waals surface area contributed by atoms with Crippen LogP contribution in [0, 0.1) is 11.7 Å². The number of anilines is 1. The number of amides is 1. The maximum absolute atomic E-state index is 12.5. The molecule has 1 aliphatic rings. The Kier molecular flexibility index (Phi) is 2.00. The Balaban J connectivity index is 2.00. The summed E-state index contributed by atoms with van der Waals surface area (Å²) < 4.78 is 12.5. The van der Waals surface area contributed by atoms with Crippen molar-refractivity contribution in [3.63, 3.8) is 0 Å². The molecule has 1 saturated carbocycles. The molecule has 0 bridgehead atoms. The lowest BCUT2D eigenvalue weighted by atomic mass is 10.3. The van der Waals surface area contributed by atoms with E-state index in [0.717, 1.165) is 18.8 Å². The van der Waals surface area contributed by atoms with Crippen molar-refractivity contribution in [3.8, 4) is 0 Å². The molecule has 13 heavy (non-hydrogen) atoms. The highest BCUT2D eigenvalue weighted by Gasteiger charge is 2.30. The lowest BCUT2D eigenvalue weighted by Gasteiger charge is -2.02. The molecule has 0 aromatic heterocycles. The Hall–Kier alpha value is -1.38. The van der Waals surface area contributed by atoms with Gasteiger partial charge in [-0.3, -0.25) is 4.79 Å². The van der Waals surface area contributed by atoms with Crippen molar-refractivity contribution in [2.45, 2.75) is 12.8 Å². The van der Waals surface area contributed by atoms with Crippen LogP contribution in [0.2, 0.25) is 0 Å². The Bertz CT molecular complexity index is 316. The molecule has 1 fully saturated rings. The minimum Gasteiger partial charge on any atom is -0.326 e. The highest BCUT2D eigenvalue weighted by atomic mass is 19.1. The van der Waals surface area contributed by atoms with Gasteiger partial charge in [0.1, 0.15) is 5.82 Å². The Morgan fingerprint density at radius 1 is 1.23 bits per heavy atom. The molecule has 1 aromatic rings. The Labute approximate surface area is 75.8 Å². The van der Waals surface area contributed by atoms with Crippen LogP contribution in [0.15, 0.2) is 24.3 Å². The summed E-state index contributed by atoms with van der Waals surface area (Å²) in [5.74, 6) is 0.591. The molecule has 1 amide bonds. The van der Waals surface area contributed by atoms with Gasteiger partial charge in [0.2, 0.25) is 5.91 Å². The van der Waals surface area contributed by atoms with Crippen molar-refractivity contribution in [1.29, 1.82) is 0 Å². The van der Waals surface area contributed by atoms with Gasteiger partial charge in [0, 0.05) is 5.69 Å². The highest BCUT2D eigenvalue weighted by Crippen LogP contribution is 2.32. The monoisotopic (exact) mass is 178 g/mol. The van der Waals surface area contributed by atoms with E-state index in [1.165, 1.54) is 12.1 Å². The third-order valence-electron chi connectivity index (χ3n) is 1.92. The molecule has 0 spiro atoms. The van der Waals surface area contributed by atoms with Crippen LogP contribution in [0.25, 0.3) is 0 Å². The van der Waals surface area contributed by atoms with Crippen molar-refractivity contribution >= 4 is 11.6 Å². The van der Waals surface area contributed by atoms with Gasteiger partial charge >= 0.3 is 0 Å². The number of rotatable bonds is 2. The van der Waals surface area contributed by atoms with Gasteiger partial charge in [0.25, 0.3) is 0 Å². The lowest BCUT2D eigenvalue weighted by Crippen LogP contribution is -2.11. The van der Waals surface area contributed by atoms with Crippen LogP contribution in [0.1, 0.15) is 12.8 Å². The quantitative estimate of drug-likeness (QED) is 0.738. The van der Waals surface area contributed by atoms with Crippen molar-refractivity contribution in [3.05, 3.63) is 36.0 Å². The molecule has 0 heterocycles. The number of halogens is 1. The van der Waals surface area contributed by atoms with Gasteiger partial charge in [-0.05, 0) is 37.1 Å². The first-order valence-corrected chi connectivity index (χ1v) is 4.17. The zero-order valence-electron chi connectivity index (χ0n) is 7.01. The standard InChI is InChI=1S/C10H9FNO/c11-8-3-5-9(6-4-8)12-10(13)7-1-2-7/h3-6H,1-2H2,(H,12,13). The van der Waals surface area contributed by atoms with Crippen molar-refractivity contribution in [2.24, 2.45) is 0 Å². The second kappa shape index (κ2) is 3.17. The van der Waals surface area contributed by atoms with Crippen LogP contribution in [0.3, 0.4) is 0 Å². The SMILES string of the molecule is O=C(Nc1ccc(F)cc1)[C]1CC1. The van der Waals surface area contributed by atoms with Gasteiger partial charge in [-0.15, -0.1) is 0 Å². The van der Waals surface area contributed by atoms with E-state index in [0.29, 0.717) is 5.69 Å². The second-order valence-corrected chi connectivity index (χ2v) is 3.06. The molecule has 67 valence electrons. The zero-order valence-corrected chi connectivity index (χ0v) is 7.01. The molecule has 2 nitrogen and oxygen atoms in total. The molecule has 1 N–H and O–H groups in total. The predicted molar refractivity (Wildman–Crippen MR) is 47.5 cm³/mol. The molecule has 1 aromatic carbocycles. The van der Waals surface area contributed by atoms with E-state index < -0.39 is 0 Å². The van der Waals surface area contributed by atoms with Gasteiger partial charge in [-0.25, -0.2) is 4.39 Å². The van der Waals surface area contributed by atoms with Gasteiger partial charge < -0.3 is 5.32 Å². The van der Waals surface area contributed by atoms with E-state index in [-0.39, 0.29) is 11.7 Å². The fourth-order valence-electron chi connectivity index (χ4n) is 1.04. The molecule has 0 aliphatic heterocycles. The second-order valence-electron chi connectivity index (χ2n) is 3.06. The van der Waals surface area contributed by atoms with E-state index in [1.807, 2.05) is 0 Å². The highest BCUT2D eigenvalue weighted by molar-refractivity contribution is 6.03. The summed E-state index contributed by atoms with van der Waals surface area (Å²) >= 11 is 0. The first-order chi connectivity index (χ1) is 6.25. The summed E-state index contributed by atoms with van der Waals surface area (Å²) in [7, 11) is 0. The number of carbonyl (C=O) groups is 1. The van der Waals surface area contributed by atoms with E-state index >= 15 is 0 Å². The molecule has 0 saturated heterocycles. The normalized spacial score (nSPS) is 15.5. The lowest BCUT2D eigenvalue weighted by molar-refractivity contribution is -0.113. The van der Waals surface area contributed by atoms with Crippen LogP contribution in [0.5, 0.6) is 0 Å². The van der Waals surface area contributed by atoms with Gasteiger partial charge in [-0.1, -0.05) is 0 Å². The number of carbonyl (C=O) groups excluding carboxylic acids is 1. The zero-order chi connectivity index (χ0) is 9.26. The molecule has 3 heteroatoms. The van der Waals surface area contributed by atoms with Crippen LogP contribution < -0.4 is 5.32 Å². The Morgan fingerprint density at radius 2 is 1.85 bits per heavy atom. The third-order valence-corrected chi connectivity index (χ3v) is 1.92. The van der Waals surface area contributed by atoms with Gasteiger partial charge in [-0.2, -0.15) is 0 Å². The van der Waals surface area contributed by atoms with Gasteiger partial charge in [0.05, 0.1) is 5.92 Å². The van der Waals surface area contributed by atoms with Gasteiger partial charge in [0.15, 0.2) is 0 Å². The molecule has 1 aliphatic carbocycles.